The van der Waals surface area contributed by atoms with Gasteiger partial charge in [-0.1, -0.05) is 6.92 Å². The molecule has 7 heteroatoms. The van der Waals surface area contributed by atoms with E-state index in [1.54, 1.807) is 0 Å². The van der Waals surface area contributed by atoms with E-state index in [4.69, 9.17) is 5.73 Å². The molecule has 3 N–H and O–H groups in total. The Bertz CT molecular complexity index is 378. The summed E-state index contributed by atoms with van der Waals surface area (Å²) >= 11 is 0. The first-order chi connectivity index (χ1) is 7.80. The average Bonchev–Trinajstić information content (AvgIpc) is 2.13. The van der Waals surface area contributed by atoms with Crippen molar-refractivity contribution in [2.45, 2.75) is 38.9 Å². The molecule has 0 radical (unpaired) electrons. The highest BCUT2D eigenvalue weighted by Gasteiger charge is 2.30. The van der Waals surface area contributed by atoms with Crippen molar-refractivity contribution >= 4 is 11.6 Å². The van der Waals surface area contributed by atoms with Crippen LogP contribution in [0.25, 0.3) is 0 Å². The first-order valence-electron chi connectivity index (χ1n) is 5.27. The van der Waals surface area contributed by atoms with E-state index in [1.807, 2.05) is 6.92 Å². The van der Waals surface area contributed by atoms with Crippen molar-refractivity contribution in [2.24, 2.45) is 0 Å². The fourth-order valence-corrected chi connectivity index (χ4v) is 1.40. The second-order valence-corrected chi connectivity index (χ2v) is 3.81. The van der Waals surface area contributed by atoms with Crippen molar-refractivity contribution in [1.82, 2.24) is 9.97 Å². The number of hydrogen-bond donors (Lipinski definition) is 2. The average molecular weight is 248 g/mol. The molecule has 0 saturated heterocycles. The molecular weight excluding hydrogens is 233 g/mol. The highest BCUT2D eigenvalue weighted by molar-refractivity contribution is 5.45. The van der Waals surface area contributed by atoms with Crippen molar-refractivity contribution in [2.75, 3.05) is 11.1 Å². The standard InChI is InChI=1S/C10H15F3N4/c1-3-8-16-7(14)4-9(17-8)15-6(2)5-10(11,12)13/h4,6H,3,5H2,1-2H3,(H3,14,15,16,17). The smallest absolute Gasteiger partial charge is 0.384 e. The summed E-state index contributed by atoms with van der Waals surface area (Å²) in [6.45, 7) is 3.29. The molecule has 0 amide bonds. The molecule has 4 nitrogen and oxygen atoms in total. The number of nitrogens with two attached hydrogens (primary N) is 1. The van der Waals surface area contributed by atoms with E-state index in [0.717, 1.165) is 0 Å². The van der Waals surface area contributed by atoms with Crippen molar-refractivity contribution in [1.29, 1.82) is 0 Å². The van der Waals surface area contributed by atoms with Crippen LogP contribution in [0, 0.1) is 0 Å². The number of anilines is 2. The van der Waals surface area contributed by atoms with E-state index >= 15 is 0 Å². The molecule has 0 saturated carbocycles. The van der Waals surface area contributed by atoms with Gasteiger partial charge in [-0.3, -0.25) is 0 Å². The Balaban J connectivity index is 2.71. The number of aromatic nitrogens is 2. The number of nitrogens with one attached hydrogen (secondary N) is 1. The van der Waals surface area contributed by atoms with Crippen LogP contribution in [0.4, 0.5) is 24.8 Å². The zero-order valence-electron chi connectivity index (χ0n) is 9.67. The number of rotatable bonds is 4. The van der Waals surface area contributed by atoms with Crippen LogP contribution in [0.3, 0.4) is 0 Å². The largest absolute Gasteiger partial charge is 0.391 e. The van der Waals surface area contributed by atoms with Crippen LogP contribution in [-0.2, 0) is 6.42 Å². The maximum atomic E-state index is 12.1. The summed E-state index contributed by atoms with van der Waals surface area (Å²) in [7, 11) is 0. The van der Waals surface area contributed by atoms with E-state index in [0.29, 0.717) is 18.1 Å². The lowest BCUT2D eigenvalue weighted by molar-refractivity contribution is -0.136. The van der Waals surface area contributed by atoms with E-state index in [9.17, 15) is 13.2 Å². The van der Waals surface area contributed by atoms with Crippen LogP contribution in [0.15, 0.2) is 6.07 Å². The third kappa shape index (κ3) is 4.88. The Morgan fingerprint density at radius 1 is 1.41 bits per heavy atom. The van der Waals surface area contributed by atoms with Crippen LogP contribution in [0.1, 0.15) is 26.1 Å². The highest BCUT2D eigenvalue weighted by atomic mass is 19.4. The topological polar surface area (TPSA) is 63.8 Å². The molecule has 1 unspecified atom stereocenters. The summed E-state index contributed by atoms with van der Waals surface area (Å²) in [5.74, 6) is 1.08. The maximum absolute atomic E-state index is 12.1. The van der Waals surface area contributed by atoms with Gasteiger partial charge in [-0.25, -0.2) is 9.97 Å². The molecule has 0 aromatic carbocycles. The molecule has 0 aliphatic heterocycles. The molecule has 1 rings (SSSR count). The Kier molecular flexibility index (Phi) is 4.14. The Morgan fingerprint density at radius 2 is 2.06 bits per heavy atom. The molecule has 0 spiro atoms. The van der Waals surface area contributed by atoms with Gasteiger partial charge in [-0.05, 0) is 6.92 Å². The number of aryl methyl sites for hydroxylation is 1. The minimum atomic E-state index is -4.20. The van der Waals surface area contributed by atoms with Crippen LogP contribution >= 0.6 is 0 Å². The third-order valence-electron chi connectivity index (χ3n) is 2.04. The summed E-state index contributed by atoms with van der Waals surface area (Å²) in [5, 5.41) is 2.66. The van der Waals surface area contributed by atoms with Crippen LogP contribution < -0.4 is 11.1 Å². The SMILES string of the molecule is CCc1nc(N)cc(NC(C)CC(F)(F)F)n1. The Hall–Kier alpha value is -1.53. The van der Waals surface area contributed by atoms with E-state index in [-0.39, 0.29) is 5.82 Å². The number of halogens is 3. The minimum Gasteiger partial charge on any atom is -0.384 e. The molecule has 1 aromatic heterocycles. The van der Waals surface area contributed by atoms with Gasteiger partial charge in [0.15, 0.2) is 0 Å². The lowest BCUT2D eigenvalue weighted by atomic mass is 10.2. The van der Waals surface area contributed by atoms with Gasteiger partial charge in [-0.15, -0.1) is 0 Å². The van der Waals surface area contributed by atoms with Crippen LogP contribution in [0.5, 0.6) is 0 Å². The molecule has 0 aliphatic rings. The Morgan fingerprint density at radius 3 is 2.59 bits per heavy atom. The zero-order valence-corrected chi connectivity index (χ0v) is 9.67. The van der Waals surface area contributed by atoms with E-state index < -0.39 is 18.6 Å². The molecule has 0 bridgehead atoms. The predicted octanol–water partition coefficient (Wildman–Crippen LogP) is 2.37. The summed E-state index contributed by atoms with van der Waals surface area (Å²) in [5.41, 5.74) is 5.52. The van der Waals surface area contributed by atoms with Gasteiger partial charge in [-0.2, -0.15) is 13.2 Å². The summed E-state index contributed by atoms with van der Waals surface area (Å²) in [4.78, 5) is 7.99. The monoisotopic (exact) mass is 248 g/mol. The first kappa shape index (κ1) is 13.5. The van der Waals surface area contributed by atoms with Crippen LogP contribution in [0.2, 0.25) is 0 Å². The molecule has 1 atom stereocenters. The maximum Gasteiger partial charge on any atom is 0.391 e. The number of hydrogen-bond acceptors (Lipinski definition) is 4. The quantitative estimate of drug-likeness (QED) is 0.858. The summed E-state index contributed by atoms with van der Waals surface area (Å²) in [6.07, 6.45) is -4.54. The molecule has 96 valence electrons. The van der Waals surface area contributed by atoms with Crippen molar-refractivity contribution in [3.63, 3.8) is 0 Å². The minimum absolute atomic E-state index is 0.249. The van der Waals surface area contributed by atoms with Gasteiger partial charge in [0.05, 0.1) is 6.42 Å². The molecule has 1 aromatic rings. The van der Waals surface area contributed by atoms with Gasteiger partial charge < -0.3 is 11.1 Å². The fraction of sp³-hybridized carbons (Fsp3) is 0.600. The van der Waals surface area contributed by atoms with Crippen LogP contribution in [-0.4, -0.2) is 22.2 Å². The molecule has 0 aliphatic carbocycles. The fourth-order valence-electron chi connectivity index (χ4n) is 1.40. The van der Waals surface area contributed by atoms with Gasteiger partial charge in [0.2, 0.25) is 0 Å². The molecule has 1 heterocycles. The van der Waals surface area contributed by atoms with Gasteiger partial charge >= 0.3 is 6.18 Å². The predicted molar refractivity (Wildman–Crippen MR) is 59.6 cm³/mol. The number of nitrogens with zero attached hydrogens (tertiary/aromatic N) is 2. The highest BCUT2D eigenvalue weighted by Crippen LogP contribution is 2.23. The lowest BCUT2D eigenvalue weighted by Crippen LogP contribution is -2.24. The van der Waals surface area contributed by atoms with Gasteiger partial charge in [0, 0.05) is 18.5 Å². The van der Waals surface area contributed by atoms with E-state index in [2.05, 4.69) is 15.3 Å². The second-order valence-electron chi connectivity index (χ2n) is 3.81. The summed E-state index contributed by atoms with van der Waals surface area (Å²) < 4.78 is 36.4. The normalized spacial score (nSPS) is 13.5. The number of alkyl halides is 3. The zero-order chi connectivity index (χ0) is 13.1. The first-order valence-corrected chi connectivity index (χ1v) is 5.27. The Labute approximate surface area is 97.4 Å². The molecular formula is C10H15F3N4. The molecule has 17 heavy (non-hydrogen) atoms. The third-order valence-corrected chi connectivity index (χ3v) is 2.04. The van der Waals surface area contributed by atoms with E-state index in [1.165, 1.54) is 13.0 Å². The van der Waals surface area contributed by atoms with Crippen molar-refractivity contribution < 1.29 is 13.2 Å². The second kappa shape index (κ2) is 5.20. The van der Waals surface area contributed by atoms with Gasteiger partial charge in [0.25, 0.3) is 0 Å². The lowest BCUT2D eigenvalue weighted by Gasteiger charge is -2.16. The summed E-state index contributed by atoms with van der Waals surface area (Å²) in [6, 6.07) is 0.667. The van der Waals surface area contributed by atoms with Gasteiger partial charge in [0.1, 0.15) is 17.5 Å². The number of nitrogen functional groups attached to an aromatic ring is 1. The molecule has 0 fully saturated rings. The van der Waals surface area contributed by atoms with Crippen molar-refractivity contribution in [3.05, 3.63) is 11.9 Å². The van der Waals surface area contributed by atoms with Crippen molar-refractivity contribution in [3.8, 4) is 0 Å².